The van der Waals surface area contributed by atoms with Crippen LogP contribution < -0.4 is 16.5 Å². The van der Waals surface area contributed by atoms with E-state index in [-0.39, 0.29) is 12.4 Å². The lowest BCUT2D eigenvalue weighted by Gasteiger charge is -2.18. The van der Waals surface area contributed by atoms with E-state index in [2.05, 4.69) is 15.8 Å². The minimum absolute atomic E-state index is 0.0781. The number of hydrazone groups is 1. The van der Waals surface area contributed by atoms with Crippen LogP contribution in [0.25, 0.3) is 0 Å². The molecule has 0 aliphatic heterocycles. The number of carbonyl (C=O) groups is 2. The standard InChI is InChI=1S/C14H20N4O4/c1-22-12(18-17-9-19)8-16-14(21)13(20)11(15)7-10-5-3-2-4-6-10/h2-6,9,11,13,20H,7-8,15H2,1H3,(H,16,21)(H,17,19)/b18-12-. The molecule has 0 heterocycles. The summed E-state index contributed by atoms with van der Waals surface area (Å²) in [6.45, 7) is -0.0781. The Balaban J connectivity index is 2.48. The van der Waals surface area contributed by atoms with Gasteiger partial charge >= 0.3 is 0 Å². The summed E-state index contributed by atoms with van der Waals surface area (Å²) in [7, 11) is 1.34. The molecule has 0 aliphatic carbocycles. The first-order chi connectivity index (χ1) is 10.6. The predicted octanol–water partition coefficient (Wildman–Crippen LogP) is -1.26. The number of aliphatic hydroxyl groups excluding tert-OH is 1. The number of nitrogens with two attached hydrogens (primary N) is 1. The Morgan fingerprint density at radius 1 is 1.45 bits per heavy atom. The van der Waals surface area contributed by atoms with E-state index in [1.54, 1.807) is 0 Å². The number of hydrogen-bond donors (Lipinski definition) is 4. The molecule has 1 aromatic carbocycles. The number of benzene rings is 1. The van der Waals surface area contributed by atoms with Gasteiger partial charge in [-0.1, -0.05) is 30.3 Å². The lowest BCUT2D eigenvalue weighted by atomic mass is 10.0. The number of carbonyl (C=O) groups excluding carboxylic acids is 2. The van der Waals surface area contributed by atoms with Gasteiger partial charge in [0.2, 0.25) is 12.3 Å². The summed E-state index contributed by atoms with van der Waals surface area (Å²) in [6, 6.07) is 8.58. The molecule has 0 bridgehead atoms. The van der Waals surface area contributed by atoms with Crippen LogP contribution in [0.2, 0.25) is 0 Å². The number of nitrogens with zero attached hydrogens (tertiary/aromatic N) is 1. The maximum Gasteiger partial charge on any atom is 0.250 e. The number of rotatable bonds is 8. The molecule has 22 heavy (non-hydrogen) atoms. The van der Waals surface area contributed by atoms with Crippen molar-refractivity contribution in [3.63, 3.8) is 0 Å². The van der Waals surface area contributed by atoms with Crippen molar-refractivity contribution in [2.75, 3.05) is 13.7 Å². The number of aliphatic hydroxyl groups is 1. The number of hydrogen-bond acceptors (Lipinski definition) is 6. The van der Waals surface area contributed by atoms with E-state index in [1.807, 2.05) is 30.3 Å². The zero-order chi connectivity index (χ0) is 16.4. The second-order valence-electron chi connectivity index (χ2n) is 4.47. The molecule has 1 aromatic rings. The van der Waals surface area contributed by atoms with Gasteiger partial charge in [-0.15, -0.1) is 5.10 Å². The maximum absolute atomic E-state index is 11.8. The summed E-state index contributed by atoms with van der Waals surface area (Å²) < 4.78 is 4.84. The Bertz CT molecular complexity index is 507. The molecule has 0 fully saturated rings. The van der Waals surface area contributed by atoms with Crippen LogP contribution in [0.3, 0.4) is 0 Å². The molecular weight excluding hydrogens is 288 g/mol. The second-order valence-corrected chi connectivity index (χ2v) is 4.47. The number of nitrogens with one attached hydrogen (secondary N) is 2. The summed E-state index contributed by atoms with van der Waals surface area (Å²) >= 11 is 0. The molecule has 0 aliphatic rings. The minimum atomic E-state index is -1.36. The lowest BCUT2D eigenvalue weighted by molar-refractivity contribution is -0.130. The van der Waals surface area contributed by atoms with Crippen LogP contribution in [0, 0.1) is 0 Å². The van der Waals surface area contributed by atoms with Crippen LogP contribution in [0.1, 0.15) is 5.56 Å². The number of methoxy groups -OCH3 is 1. The van der Waals surface area contributed by atoms with Crippen molar-refractivity contribution in [3.05, 3.63) is 35.9 Å². The van der Waals surface area contributed by atoms with Gasteiger partial charge in [-0.2, -0.15) is 0 Å². The molecule has 8 heteroatoms. The first-order valence-electron chi connectivity index (χ1n) is 6.63. The molecule has 0 saturated carbocycles. The molecular formula is C14H20N4O4. The van der Waals surface area contributed by atoms with Crippen molar-refractivity contribution in [1.29, 1.82) is 0 Å². The summed E-state index contributed by atoms with van der Waals surface area (Å²) in [5.74, 6) is -0.552. The minimum Gasteiger partial charge on any atom is -0.482 e. The summed E-state index contributed by atoms with van der Waals surface area (Å²) in [5.41, 5.74) is 8.82. The molecule has 5 N–H and O–H groups in total. The van der Waals surface area contributed by atoms with E-state index in [1.165, 1.54) is 7.11 Å². The monoisotopic (exact) mass is 308 g/mol. The summed E-state index contributed by atoms with van der Waals surface area (Å²) in [6.07, 6.45) is -0.629. The van der Waals surface area contributed by atoms with Gasteiger partial charge in [-0.05, 0) is 12.0 Å². The van der Waals surface area contributed by atoms with Gasteiger partial charge in [-0.3, -0.25) is 9.59 Å². The molecule has 2 unspecified atom stereocenters. The average molecular weight is 308 g/mol. The lowest BCUT2D eigenvalue weighted by Crippen LogP contribution is -2.48. The molecule has 8 nitrogen and oxygen atoms in total. The third kappa shape index (κ3) is 5.90. The fraction of sp³-hybridized carbons (Fsp3) is 0.357. The summed E-state index contributed by atoms with van der Waals surface area (Å²) in [4.78, 5) is 21.9. The van der Waals surface area contributed by atoms with E-state index in [0.717, 1.165) is 5.56 Å². The van der Waals surface area contributed by atoms with E-state index < -0.39 is 18.1 Å². The van der Waals surface area contributed by atoms with E-state index in [4.69, 9.17) is 10.5 Å². The smallest absolute Gasteiger partial charge is 0.250 e. The molecule has 2 amide bonds. The topological polar surface area (TPSA) is 126 Å². The van der Waals surface area contributed by atoms with Crippen molar-refractivity contribution < 1.29 is 19.4 Å². The molecule has 120 valence electrons. The Kier molecular flexibility index (Phi) is 7.58. The Labute approximate surface area is 128 Å². The Morgan fingerprint density at radius 2 is 2.14 bits per heavy atom. The van der Waals surface area contributed by atoms with Crippen LogP contribution in [0.15, 0.2) is 35.4 Å². The largest absolute Gasteiger partial charge is 0.482 e. The molecule has 0 spiro atoms. The van der Waals surface area contributed by atoms with Crippen LogP contribution in [-0.2, 0) is 20.7 Å². The fourth-order valence-corrected chi connectivity index (χ4v) is 1.72. The van der Waals surface area contributed by atoms with Crippen LogP contribution in [0.4, 0.5) is 0 Å². The molecule has 0 radical (unpaired) electrons. The van der Waals surface area contributed by atoms with Crippen molar-refractivity contribution in [2.45, 2.75) is 18.6 Å². The highest BCUT2D eigenvalue weighted by Gasteiger charge is 2.23. The molecule has 0 aromatic heterocycles. The average Bonchev–Trinajstić information content (AvgIpc) is 2.55. The zero-order valence-corrected chi connectivity index (χ0v) is 12.2. The van der Waals surface area contributed by atoms with Gasteiger partial charge in [-0.25, -0.2) is 5.43 Å². The van der Waals surface area contributed by atoms with Gasteiger partial charge < -0.3 is 20.9 Å². The predicted molar refractivity (Wildman–Crippen MR) is 80.8 cm³/mol. The first-order valence-corrected chi connectivity index (χ1v) is 6.63. The third-order valence-corrected chi connectivity index (χ3v) is 2.88. The normalized spacial score (nSPS) is 13.9. The number of amides is 2. The van der Waals surface area contributed by atoms with Gasteiger partial charge in [0, 0.05) is 6.04 Å². The van der Waals surface area contributed by atoms with Crippen LogP contribution in [-0.4, -0.2) is 49.1 Å². The zero-order valence-electron chi connectivity index (χ0n) is 12.2. The van der Waals surface area contributed by atoms with Gasteiger partial charge in [0.15, 0.2) is 0 Å². The van der Waals surface area contributed by atoms with Crippen LogP contribution >= 0.6 is 0 Å². The SMILES string of the molecule is CO/C(CNC(=O)C(O)C(N)Cc1ccccc1)=N\NC=O. The van der Waals surface area contributed by atoms with E-state index >= 15 is 0 Å². The number of ether oxygens (including phenoxy) is 1. The van der Waals surface area contributed by atoms with E-state index in [9.17, 15) is 14.7 Å². The highest BCUT2D eigenvalue weighted by atomic mass is 16.5. The Morgan fingerprint density at radius 3 is 2.73 bits per heavy atom. The quantitative estimate of drug-likeness (QED) is 0.206. The van der Waals surface area contributed by atoms with Crippen molar-refractivity contribution in [1.82, 2.24) is 10.7 Å². The fourth-order valence-electron chi connectivity index (χ4n) is 1.72. The molecule has 2 atom stereocenters. The Hall–Kier alpha value is -2.45. The highest BCUT2D eigenvalue weighted by Crippen LogP contribution is 2.04. The third-order valence-electron chi connectivity index (χ3n) is 2.88. The van der Waals surface area contributed by atoms with Gasteiger partial charge in [0.25, 0.3) is 5.91 Å². The van der Waals surface area contributed by atoms with Crippen molar-refractivity contribution in [2.24, 2.45) is 10.8 Å². The van der Waals surface area contributed by atoms with Gasteiger partial charge in [0.1, 0.15) is 6.10 Å². The van der Waals surface area contributed by atoms with Crippen LogP contribution in [0.5, 0.6) is 0 Å². The second kappa shape index (κ2) is 9.48. The molecule has 1 rings (SSSR count). The maximum atomic E-state index is 11.8. The summed E-state index contributed by atoms with van der Waals surface area (Å²) in [5, 5.41) is 15.9. The first kappa shape index (κ1) is 17.6. The van der Waals surface area contributed by atoms with Crippen molar-refractivity contribution >= 4 is 18.2 Å². The van der Waals surface area contributed by atoms with Crippen molar-refractivity contribution in [3.8, 4) is 0 Å². The molecule has 0 saturated heterocycles. The van der Waals surface area contributed by atoms with Gasteiger partial charge in [0.05, 0.1) is 13.7 Å². The van der Waals surface area contributed by atoms with E-state index in [0.29, 0.717) is 12.8 Å². The highest BCUT2D eigenvalue weighted by molar-refractivity contribution is 5.87.